The smallest absolute Gasteiger partial charge is 0.338 e. The molecule has 0 saturated carbocycles. The lowest BCUT2D eigenvalue weighted by atomic mass is 10.1. The van der Waals surface area contributed by atoms with Gasteiger partial charge in [-0.25, -0.2) is 4.79 Å². The van der Waals surface area contributed by atoms with E-state index < -0.39 is 18.6 Å². The number of carboxylic acid groups (broad SMARTS) is 1. The monoisotopic (exact) mass is 443 g/mol. The van der Waals surface area contributed by atoms with Crippen LogP contribution in [0.4, 0.5) is 0 Å². The van der Waals surface area contributed by atoms with Crippen LogP contribution in [0, 0.1) is 0 Å². The molecule has 0 aliphatic rings. The standard InChI is InChI=1S/C23H30O2.C3H7NO3/c1-3-5-7-8-9-13-20-25-23(24)22(18-6-4-2)19-14-17-21-15-11-10-12-16-21;4-2(1-5)3(6)7/h4,6,10-12,14-19H,2-3,5,7-9,13,20H2,1H3;2,5H,1,4H2,(H,6,7)/t;2-/m.0/s1. The summed E-state index contributed by atoms with van der Waals surface area (Å²) < 4.78 is 5.38. The number of aliphatic hydroxyl groups excluding tert-OH is 1. The number of rotatable bonds is 14. The molecule has 0 amide bonds. The number of esters is 1. The Kier molecular flexibility index (Phi) is 18.1. The molecule has 0 spiro atoms. The van der Waals surface area contributed by atoms with Crippen LogP contribution in [0.3, 0.4) is 0 Å². The van der Waals surface area contributed by atoms with E-state index in [2.05, 4.69) is 13.5 Å². The Morgan fingerprint density at radius 3 is 2.31 bits per heavy atom. The Bertz CT molecular complexity index is 738. The SMILES string of the molecule is C=CC=CC(=CC=Cc1ccccc1)C(=O)OCCCCCCCC.N[C@@H](CO)C(=O)O. The lowest BCUT2D eigenvalue weighted by Crippen LogP contribution is -2.33. The summed E-state index contributed by atoms with van der Waals surface area (Å²) in [7, 11) is 0. The van der Waals surface area contributed by atoms with E-state index in [0.717, 1.165) is 18.4 Å². The maximum atomic E-state index is 12.2. The normalized spacial score (nSPS) is 12.3. The first kappa shape index (κ1) is 29.0. The third kappa shape index (κ3) is 15.8. The molecule has 0 aromatic heterocycles. The molecule has 0 bridgehead atoms. The Hall–Kier alpha value is -2.96. The van der Waals surface area contributed by atoms with Crippen molar-refractivity contribution in [2.45, 2.75) is 51.5 Å². The number of carboxylic acids is 1. The van der Waals surface area contributed by atoms with Gasteiger partial charge in [-0.3, -0.25) is 4.79 Å². The third-order valence-electron chi connectivity index (χ3n) is 4.26. The highest BCUT2D eigenvalue weighted by Gasteiger charge is 2.07. The predicted octanol–water partition coefficient (Wildman–Crippen LogP) is 4.66. The maximum absolute atomic E-state index is 12.2. The Balaban J connectivity index is 0.00000118. The Morgan fingerprint density at radius 1 is 1.09 bits per heavy atom. The summed E-state index contributed by atoms with van der Waals surface area (Å²) in [6.07, 6.45) is 17.8. The van der Waals surface area contributed by atoms with E-state index in [1.165, 1.54) is 25.7 Å². The van der Waals surface area contributed by atoms with E-state index in [1.54, 1.807) is 24.3 Å². The van der Waals surface area contributed by atoms with Crippen LogP contribution in [0.1, 0.15) is 51.0 Å². The number of allylic oxidation sites excluding steroid dienone is 4. The average Bonchev–Trinajstić information content (AvgIpc) is 2.81. The van der Waals surface area contributed by atoms with Crippen molar-refractivity contribution in [2.75, 3.05) is 13.2 Å². The van der Waals surface area contributed by atoms with Crippen LogP contribution < -0.4 is 5.73 Å². The molecule has 0 heterocycles. The molecule has 32 heavy (non-hydrogen) atoms. The minimum Gasteiger partial charge on any atom is -0.480 e. The molecule has 0 unspecified atom stereocenters. The summed E-state index contributed by atoms with van der Waals surface area (Å²) >= 11 is 0. The molecular formula is C26H37NO5. The van der Waals surface area contributed by atoms with E-state index >= 15 is 0 Å². The first-order valence-corrected chi connectivity index (χ1v) is 10.9. The van der Waals surface area contributed by atoms with Crippen molar-refractivity contribution in [3.63, 3.8) is 0 Å². The molecule has 0 fully saturated rings. The molecule has 1 aromatic rings. The number of unbranched alkanes of at least 4 members (excludes halogenated alkanes) is 5. The van der Waals surface area contributed by atoms with Crippen LogP contribution in [-0.2, 0) is 14.3 Å². The number of hydrogen-bond acceptors (Lipinski definition) is 5. The van der Waals surface area contributed by atoms with Gasteiger partial charge in [-0.1, -0.05) is 100 Å². The zero-order valence-electron chi connectivity index (χ0n) is 19.0. The number of hydrogen-bond donors (Lipinski definition) is 3. The zero-order chi connectivity index (χ0) is 24.0. The summed E-state index contributed by atoms with van der Waals surface area (Å²) in [5.41, 5.74) is 6.38. The van der Waals surface area contributed by atoms with Gasteiger partial charge in [-0.15, -0.1) is 0 Å². The average molecular weight is 444 g/mol. The number of nitrogens with two attached hydrogens (primary N) is 1. The van der Waals surface area contributed by atoms with Crippen LogP contribution in [0.5, 0.6) is 0 Å². The second-order valence-electron chi connectivity index (χ2n) is 7.02. The van der Waals surface area contributed by atoms with Gasteiger partial charge < -0.3 is 20.7 Å². The minimum absolute atomic E-state index is 0.288. The van der Waals surface area contributed by atoms with Gasteiger partial charge in [0.25, 0.3) is 0 Å². The molecule has 6 nitrogen and oxygen atoms in total. The van der Waals surface area contributed by atoms with Crippen molar-refractivity contribution in [1.82, 2.24) is 0 Å². The third-order valence-corrected chi connectivity index (χ3v) is 4.26. The Morgan fingerprint density at radius 2 is 1.75 bits per heavy atom. The fourth-order valence-electron chi connectivity index (χ4n) is 2.40. The number of carbonyl (C=O) groups excluding carboxylic acids is 1. The molecule has 176 valence electrons. The van der Waals surface area contributed by atoms with Crippen LogP contribution in [0.2, 0.25) is 0 Å². The topological polar surface area (TPSA) is 110 Å². The van der Waals surface area contributed by atoms with Crippen LogP contribution in [0.25, 0.3) is 6.08 Å². The van der Waals surface area contributed by atoms with E-state index in [1.807, 2.05) is 42.5 Å². The second-order valence-corrected chi connectivity index (χ2v) is 7.02. The summed E-state index contributed by atoms with van der Waals surface area (Å²) in [6, 6.07) is 8.85. The predicted molar refractivity (Wildman–Crippen MR) is 130 cm³/mol. The lowest BCUT2D eigenvalue weighted by Gasteiger charge is -2.05. The largest absolute Gasteiger partial charge is 0.480 e. The fraction of sp³-hybridized carbons (Fsp3) is 0.385. The van der Waals surface area contributed by atoms with Crippen molar-refractivity contribution in [1.29, 1.82) is 0 Å². The van der Waals surface area contributed by atoms with Gasteiger partial charge in [0.15, 0.2) is 0 Å². The van der Waals surface area contributed by atoms with E-state index in [-0.39, 0.29) is 5.97 Å². The highest BCUT2D eigenvalue weighted by molar-refractivity contribution is 5.92. The zero-order valence-corrected chi connectivity index (χ0v) is 19.0. The van der Waals surface area contributed by atoms with E-state index in [4.69, 9.17) is 20.7 Å². The van der Waals surface area contributed by atoms with Crippen molar-refractivity contribution < 1.29 is 24.5 Å². The summed E-state index contributed by atoms with van der Waals surface area (Å²) in [6.45, 7) is 5.83. The second kappa shape index (κ2) is 20.0. The van der Waals surface area contributed by atoms with Crippen LogP contribution in [-0.4, -0.2) is 41.4 Å². The summed E-state index contributed by atoms with van der Waals surface area (Å²) in [5.74, 6) is -1.47. The van der Waals surface area contributed by atoms with Crippen molar-refractivity contribution >= 4 is 18.0 Å². The van der Waals surface area contributed by atoms with Crippen molar-refractivity contribution in [2.24, 2.45) is 5.73 Å². The van der Waals surface area contributed by atoms with Gasteiger partial charge in [-0.05, 0) is 24.1 Å². The summed E-state index contributed by atoms with van der Waals surface area (Å²) in [5, 5.41) is 15.9. The molecule has 4 N–H and O–H groups in total. The van der Waals surface area contributed by atoms with Crippen molar-refractivity contribution in [3.05, 3.63) is 78.4 Å². The summed E-state index contributed by atoms with van der Waals surface area (Å²) in [4.78, 5) is 21.9. The Labute approximate surface area is 191 Å². The first-order valence-electron chi connectivity index (χ1n) is 10.9. The molecular weight excluding hydrogens is 406 g/mol. The lowest BCUT2D eigenvalue weighted by molar-refractivity contribution is -0.140. The molecule has 0 radical (unpaired) electrons. The van der Waals surface area contributed by atoms with E-state index in [9.17, 15) is 9.59 Å². The molecule has 0 saturated heterocycles. The number of benzene rings is 1. The number of aliphatic carboxylic acids is 1. The maximum Gasteiger partial charge on any atom is 0.338 e. The van der Waals surface area contributed by atoms with Crippen LogP contribution in [0.15, 0.2) is 72.9 Å². The van der Waals surface area contributed by atoms with Gasteiger partial charge in [-0.2, -0.15) is 0 Å². The molecule has 1 atom stereocenters. The first-order chi connectivity index (χ1) is 15.5. The molecule has 0 aliphatic heterocycles. The molecule has 0 aliphatic carbocycles. The van der Waals surface area contributed by atoms with Crippen molar-refractivity contribution in [3.8, 4) is 0 Å². The van der Waals surface area contributed by atoms with Gasteiger partial charge in [0.2, 0.25) is 0 Å². The number of ether oxygens (including phenoxy) is 1. The minimum atomic E-state index is -1.18. The van der Waals surface area contributed by atoms with Gasteiger partial charge in [0.05, 0.1) is 18.8 Å². The molecule has 1 aromatic carbocycles. The van der Waals surface area contributed by atoms with Gasteiger partial charge in [0.1, 0.15) is 6.04 Å². The fourth-order valence-corrected chi connectivity index (χ4v) is 2.40. The number of aliphatic hydroxyl groups is 1. The van der Waals surface area contributed by atoms with E-state index in [0.29, 0.717) is 12.2 Å². The number of carbonyl (C=O) groups is 2. The highest BCUT2D eigenvalue weighted by Crippen LogP contribution is 2.08. The highest BCUT2D eigenvalue weighted by atomic mass is 16.5. The molecule has 6 heteroatoms. The quantitative estimate of drug-likeness (QED) is 0.167. The van der Waals surface area contributed by atoms with Gasteiger partial charge >= 0.3 is 11.9 Å². The van der Waals surface area contributed by atoms with Crippen LogP contribution >= 0.6 is 0 Å². The van der Waals surface area contributed by atoms with Gasteiger partial charge in [0, 0.05) is 0 Å². The molecule has 1 rings (SSSR count).